The number of furan rings is 1. The second-order valence-corrected chi connectivity index (χ2v) is 5.16. The predicted molar refractivity (Wildman–Crippen MR) is 72.9 cm³/mol. The number of carbonyl (C=O) groups excluding carboxylic acids is 1. The highest BCUT2D eigenvalue weighted by Crippen LogP contribution is 2.30. The van der Waals surface area contributed by atoms with Crippen molar-refractivity contribution in [3.05, 3.63) is 35.0 Å². The van der Waals surface area contributed by atoms with Crippen LogP contribution in [0.5, 0.6) is 0 Å². The first kappa shape index (κ1) is 13.0. The zero-order valence-electron chi connectivity index (χ0n) is 10.5. The predicted octanol–water partition coefficient (Wildman–Crippen LogP) is 2.78. The van der Waals surface area contributed by atoms with Gasteiger partial charge in [-0.1, -0.05) is 11.6 Å². The summed E-state index contributed by atoms with van der Waals surface area (Å²) in [5.74, 6) is -1.26. The van der Waals surface area contributed by atoms with Gasteiger partial charge in [-0.2, -0.15) is 0 Å². The van der Waals surface area contributed by atoms with E-state index in [9.17, 15) is 9.59 Å². The van der Waals surface area contributed by atoms with E-state index in [4.69, 9.17) is 21.1 Å². The van der Waals surface area contributed by atoms with Crippen molar-refractivity contribution >= 4 is 34.4 Å². The molecular formula is C14H12ClNO4. The van der Waals surface area contributed by atoms with Crippen LogP contribution in [0.2, 0.25) is 5.02 Å². The van der Waals surface area contributed by atoms with E-state index in [-0.39, 0.29) is 5.91 Å². The quantitative estimate of drug-likeness (QED) is 0.924. The summed E-state index contributed by atoms with van der Waals surface area (Å²) in [5, 5.41) is 10.2. The van der Waals surface area contributed by atoms with Crippen LogP contribution in [0.1, 0.15) is 23.2 Å². The number of hydrogen-bond donors (Lipinski definition) is 1. The Morgan fingerprint density at radius 2 is 2.15 bits per heavy atom. The van der Waals surface area contributed by atoms with Gasteiger partial charge in [0.2, 0.25) is 0 Å². The van der Waals surface area contributed by atoms with Gasteiger partial charge < -0.3 is 14.4 Å². The van der Waals surface area contributed by atoms with Crippen molar-refractivity contribution in [3.8, 4) is 0 Å². The summed E-state index contributed by atoms with van der Waals surface area (Å²) in [5.41, 5.74) is 0.870. The van der Waals surface area contributed by atoms with Gasteiger partial charge in [0.1, 0.15) is 6.04 Å². The minimum atomic E-state index is -0.965. The van der Waals surface area contributed by atoms with Crippen molar-refractivity contribution in [3.63, 3.8) is 0 Å². The number of rotatable bonds is 2. The first-order valence-electron chi connectivity index (χ1n) is 6.29. The van der Waals surface area contributed by atoms with E-state index in [1.807, 2.05) is 0 Å². The Morgan fingerprint density at radius 3 is 2.90 bits per heavy atom. The molecule has 6 heteroatoms. The van der Waals surface area contributed by atoms with Crippen molar-refractivity contribution in [2.24, 2.45) is 0 Å². The fourth-order valence-corrected chi connectivity index (χ4v) is 2.85. The average Bonchev–Trinajstić information content (AvgIpc) is 3.07. The van der Waals surface area contributed by atoms with Crippen molar-refractivity contribution in [1.82, 2.24) is 4.90 Å². The molecule has 0 saturated carbocycles. The Bertz CT molecular complexity index is 694. The number of amides is 1. The molecule has 1 aliphatic heterocycles. The minimum absolute atomic E-state index is 0.294. The molecule has 0 aliphatic carbocycles. The topological polar surface area (TPSA) is 70.8 Å². The maximum atomic E-state index is 12.6. The summed E-state index contributed by atoms with van der Waals surface area (Å²) >= 11 is 6.00. The number of carbonyl (C=O) groups is 2. The third-order valence-electron chi connectivity index (χ3n) is 3.60. The van der Waals surface area contributed by atoms with Crippen molar-refractivity contribution in [1.29, 1.82) is 0 Å². The minimum Gasteiger partial charge on any atom is -0.480 e. The van der Waals surface area contributed by atoms with Gasteiger partial charge in [0, 0.05) is 11.9 Å². The van der Waals surface area contributed by atoms with Crippen LogP contribution >= 0.6 is 11.6 Å². The lowest BCUT2D eigenvalue weighted by Crippen LogP contribution is -2.40. The van der Waals surface area contributed by atoms with Gasteiger partial charge in [-0.25, -0.2) is 4.79 Å². The molecule has 1 fully saturated rings. The van der Waals surface area contributed by atoms with Crippen LogP contribution in [-0.4, -0.2) is 34.5 Å². The third kappa shape index (κ3) is 1.94. The summed E-state index contributed by atoms with van der Waals surface area (Å²) in [6, 6.07) is 4.12. The fourth-order valence-electron chi connectivity index (χ4n) is 2.64. The SMILES string of the molecule is O=C(O)[C@H]1CCCN1C(=O)c1ccc(Cl)c2occc12. The van der Waals surface area contributed by atoms with Crippen LogP contribution in [0.15, 0.2) is 28.9 Å². The van der Waals surface area contributed by atoms with Crippen LogP contribution in [0.25, 0.3) is 11.0 Å². The average molecular weight is 294 g/mol. The molecule has 5 nitrogen and oxygen atoms in total. The van der Waals surface area contributed by atoms with Gasteiger partial charge in [0.25, 0.3) is 5.91 Å². The first-order chi connectivity index (χ1) is 9.59. The highest BCUT2D eigenvalue weighted by atomic mass is 35.5. The Hall–Kier alpha value is -2.01. The fraction of sp³-hybridized carbons (Fsp3) is 0.286. The zero-order chi connectivity index (χ0) is 14.3. The van der Waals surface area contributed by atoms with E-state index in [0.29, 0.717) is 40.9 Å². The van der Waals surface area contributed by atoms with Crippen LogP contribution in [-0.2, 0) is 4.79 Å². The molecule has 1 atom stereocenters. The highest BCUT2D eigenvalue weighted by Gasteiger charge is 2.35. The summed E-state index contributed by atoms with van der Waals surface area (Å²) in [4.78, 5) is 25.1. The molecule has 0 unspecified atom stereocenters. The summed E-state index contributed by atoms with van der Waals surface area (Å²) < 4.78 is 5.26. The largest absolute Gasteiger partial charge is 0.480 e. The molecule has 0 radical (unpaired) electrons. The number of nitrogens with zero attached hydrogens (tertiary/aromatic N) is 1. The molecule has 1 aromatic heterocycles. The molecule has 1 aromatic carbocycles. The van der Waals surface area contributed by atoms with E-state index in [1.165, 1.54) is 11.2 Å². The third-order valence-corrected chi connectivity index (χ3v) is 3.90. The van der Waals surface area contributed by atoms with E-state index >= 15 is 0 Å². The number of carboxylic acids is 1. The van der Waals surface area contributed by atoms with E-state index in [1.54, 1.807) is 18.2 Å². The Labute approximate surface area is 119 Å². The lowest BCUT2D eigenvalue weighted by molar-refractivity contribution is -0.141. The standard InChI is InChI=1S/C14H12ClNO4/c15-10-4-3-9(8-5-7-20-12(8)10)13(17)16-6-1-2-11(16)14(18)19/h3-5,7,11H,1-2,6H2,(H,18,19)/t11-/m1/s1. The van der Waals surface area contributed by atoms with Gasteiger partial charge in [-0.3, -0.25) is 4.79 Å². The molecule has 104 valence electrons. The van der Waals surface area contributed by atoms with Crippen molar-refractivity contribution < 1.29 is 19.1 Å². The number of fused-ring (bicyclic) bond motifs is 1. The number of hydrogen-bond acceptors (Lipinski definition) is 3. The van der Waals surface area contributed by atoms with Gasteiger partial charge in [-0.15, -0.1) is 0 Å². The molecule has 1 saturated heterocycles. The normalized spacial score (nSPS) is 18.6. The monoisotopic (exact) mass is 293 g/mol. The Morgan fingerprint density at radius 1 is 1.35 bits per heavy atom. The van der Waals surface area contributed by atoms with Gasteiger partial charge in [0.05, 0.1) is 16.8 Å². The number of carboxylic acid groups (broad SMARTS) is 1. The molecule has 3 rings (SSSR count). The van der Waals surface area contributed by atoms with Gasteiger partial charge in [0.15, 0.2) is 5.58 Å². The van der Waals surface area contributed by atoms with Crippen LogP contribution in [0.3, 0.4) is 0 Å². The van der Waals surface area contributed by atoms with Gasteiger partial charge in [-0.05, 0) is 31.0 Å². The number of halogens is 1. The zero-order valence-corrected chi connectivity index (χ0v) is 11.3. The molecule has 0 spiro atoms. The van der Waals surface area contributed by atoms with E-state index in [0.717, 1.165) is 0 Å². The molecule has 1 N–H and O–H groups in total. The second kappa shape index (κ2) is 4.83. The molecular weight excluding hydrogens is 282 g/mol. The highest BCUT2D eigenvalue weighted by molar-refractivity contribution is 6.35. The lowest BCUT2D eigenvalue weighted by Gasteiger charge is -2.21. The lowest BCUT2D eigenvalue weighted by atomic mass is 10.1. The molecule has 20 heavy (non-hydrogen) atoms. The Balaban J connectivity index is 2.03. The molecule has 0 bridgehead atoms. The molecule has 2 heterocycles. The number of aliphatic carboxylic acids is 1. The van der Waals surface area contributed by atoms with E-state index < -0.39 is 12.0 Å². The molecule has 1 aliphatic rings. The first-order valence-corrected chi connectivity index (χ1v) is 6.67. The van der Waals surface area contributed by atoms with Crippen molar-refractivity contribution in [2.45, 2.75) is 18.9 Å². The van der Waals surface area contributed by atoms with Crippen LogP contribution < -0.4 is 0 Å². The van der Waals surface area contributed by atoms with Crippen molar-refractivity contribution in [2.75, 3.05) is 6.54 Å². The second-order valence-electron chi connectivity index (χ2n) is 4.75. The Kier molecular flexibility index (Phi) is 3.14. The number of likely N-dealkylation sites (tertiary alicyclic amines) is 1. The molecule has 1 amide bonds. The maximum Gasteiger partial charge on any atom is 0.326 e. The van der Waals surface area contributed by atoms with Crippen LogP contribution in [0, 0.1) is 0 Å². The van der Waals surface area contributed by atoms with Crippen LogP contribution in [0.4, 0.5) is 0 Å². The van der Waals surface area contributed by atoms with Gasteiger partial charge >= 0.3 is 5.97 Å². The number of benzene rings is 1. The molecule has 2 aromatic rings. The summed E-state index contributed by atoms with van der Waals surface area (Å²) in [6.07, 6.45) is 2.65. The van der Waals surface area contributed by atoms with E-state index in [2.05, 4.69) is 0 Å². The maximum absolute atomic E-state index is 12.6. The summed E-state index contributed by atoms with van der Waals surface area (Å²) in [6.45, 7) is 0.456. The smallest absolute Gasteiger partial charge is 0.326 e. The summed E-state index contributed by atoms with van der Waals surface area (Å²) in [7, 11) is 0.